The lowest BCUT2D eigenvalue weighted by molar-refractivity contribution is 0.466. The monoisotopic (exact) mass is 819 g/mol. The van der Waals surface area contributed by atoms with Gasteiger partial charge in [0.1, 0.15) is 11.6 Å². The van der Waals surface area contributed by atoms with Crippen molar-refractivity contribution in [3.8, 4) is 67.5 Å². The number of fused-ring (bicyclic) bond motifs is 1. The molecule has 4 heteroatoms. The topological polar surface area (TPSA) is 50.9 Å². The van der Waals surface area contributed by atoms with E-state index >= 15 is 0 Å². The summed E-state index contributed by atoms with van der Waals surface area (Å²) in [6, 6.07) is 43.8. The van der Waals surface area contributed by atoms with Gasteiger partial charge in [0.15, 0.2) is 0 Å². The van der Waals surface area contributed by atoms with Crippen molar-refractivity contribution in [2.75, 3.05) is 0 Å². The number of hydrogen-bond acceptors (Lipinski definition) is 3. The van der Waals surface area contributed by atoms with Gasteiger partial charge in [-0.1, -0.05) is 159 Å². The van der Waals surface area contributed by atoms with Crippen LogP contribution in [-0.2, 0) is 10.8 Å². The van der Waals surface area contributed by atoms with Gasteiger partial charge in [-0.2, -0.15) is 0 Å². The van der Waals surface area contributed by atoms with Crippen molar-refractivity contribution in [1.29, 1.82) is 0 Å². The number of hydrogen-bond donors (Lipinski definition) is 1. The van der Waals surface area contributed by atoms with Crippen molar-refractivity contribution in [3.05, 3.63) is 167 Å². The Morgan fingerprint density at radius 1 is 0.581 bits per heavy atom. The molecule has 0 saturated carbocycles. The van der Waals surface area contributed by atoms with Crippen LogP contribution in [0.1, 0.15) is 119 Å². The lowest BCUT2D eigenvalue weighted by Gasteiger charge is -2.22. The molecule has 6 aromatic carbocycles. The first-order chi connectivity index (χ1) is 30.6. The Kier molecular flexibility index (Phi) is 10.1. The third-order valence-electron chi connectivity index (χ3n) is 12.2. The van der Waals surface area contributed by atoms with E-state index in [0.717, 1.165) is 78.0 Å². The molecule has 0 aliphatic heterocycles. The average molecular weight is 819 g/mol. The van der Waals surface area contributed by atoms with Gasteiger partial charge in [0.25, 0.3) is 0 Å². The molecule has 314 valence electrons. The van der Waals surface area contributed by atoms with Gasteiger partial charge in [-0.25, -0.2) is 4.98 Å². The second kappa shape index (κ2) is 16.2. The standard InChI is InChI=1S/C58H61N3O/c1-35(2)42-32-48(36(3)4)55(62)50(33-42)56-60-54-47(14-13-15-53(54)61(56)52-25-18-38(6)28-49(52)40-21-23-45(24-22-40)57(7,8)9)43-29-44(31-46(30-43)58(10,11)12)51-34-41(26-27-59-51)39-19-16-37(5)17-20-39/h13-36,62H,1-12H3/i6D3. The molecule has 0 aliphatic carbocycles. The summed E-state index contributed by atoms with van der Waals surface area (Å²) in [6.45, 7) is 21.6. The quantitative estimate of drug-likeness (QED) is 0.166. The van der Waals surface area contributed by atoms with Crippen LogP contribution >= 0.6 is 0 Å². The maximum atomic E-state index is 12.3. The number of aromatic nitrogens is 3. The van der Waals surface area contributed by atoms with E-state index < -0.39 is 6.85 Å². The molecular formula is C58H61N3O. The summed E-state index contributed by atoms with van der Waals surface area (Å²) in [5.74, 6) is 0.998. The number of para-hydroxylation sites is 1. The van der Waals surface area contributed by atoms with Crippen LogP contribution in [-0.4, -0.2) is 19.6 Å². The van der Waals surface area contributed by atoms with Crippen molar-refractivity contribution in [2.24, 2.45) is 0 Å². The molecule has 2 heterocycles. The predicted molar refractivity (Wildman–Crippen MR) is 263 cm³/mol. The molecule has 0 spiro atoms. The fraction of sp³-hybridized carbons (Fsp3) is 0.276. The molecule has 0 bridgehead atoms. The zero-order valence-corrected chi connectivity index (χ0v) is 38.1. The van der Waals surface area contributed by atoms with Crippen molar-refractivity contribution < 1.29 is 9.22 Å². The molecule has 0 aliphatic rings. The summed E-state index contributed by atoms with van der Waals surface area (Å²) in [7, 11) is 0. The highest BCUT2D eigenvalue weighted by atomic mass is 16.3. The molecular weight excluding hydrogens is 755 g/mol. The molecule has 1 N–H and O–H groups in total. The maximum absolute atomic E-state index is 12.3. The second-order valence-electron chi connectivity index (χ2n) is 19.7. The molecule has 62 heavy (non-hydrogen) atoms. The summed E-state index contributed by atoms with van der Waals surface area (Å²) < 4.78 is 27.5. The molecule has 4 nitrogen and oxygen atoms in total. The van der Waals surface area contributed by atoms with Crippen LogP contribution in [0, 0.1) is 13.8 Å². The van der Waals surface area contributed by atoms with Gasteiger partial charge in [0.2, 0.25) is 0 Å². The smallest absolute Gasteiger partial charge is 0.149 e. The minimum Gasteiger partial charge on any atom is -0.507 e. The van der Waals surface area contributed by atoms with Gasteiger partial charge in [-0.05, 0) is 129 Å². The Morgan fingerprint density at radius 2 is 1.26 bits per heavy atom. The molecule has 0 fully saturated rings. The Morgan fingerprint density at radius 3 is 1.92 bits per heavy atom. The van der Waals surface area contributed by atoms with Crippen molar-refractivity contribution in [3.63, 3.8) is 0 Å². The number of aryl methyl sites for hydroxylation is 2. The predicted octanol–water partition coefficient (Wildman–Crippen LogP) is 15.9. The molecule has 0 radical (unpaired) electrons. The third-order valence-corrected chi connectivity index (χ3v) is 12.2. The summed E-state index contributed by atoms with van der Waals surface area (Å²) in [6.07, 6.45) is 1.89. The fourth-order valence-electron chi connectivity index (χ4n) is 8.37. The van der Waals surface area contributed by atoms with Gasteiger partial charge in [0.05, 0.1) is 28.0 Å². The Bertz CT molecular complexity index is 3050. The van der Waals surface area contributed by atoms with E-state index in [2.05, 4.69) is 190 Å². The number of phenolic OH excluding ortho intramolecular Hbond substituents is 1. The minimum absolute atomic E-state index is 0.0491. The number of nitrogens with zero attached hydrogens (tertiary/aromatic N) is 3. The van der Waals surface area contributed by atoms with E-state index in [0.29, 0.717) is 11.4 Å². The van der Waals surface area contributed by atoms with Crippen LogP contribution < -0.4 is 0 Å². The molecule has 2 aromatic heterocycles. The third kappa shape index (κ3) is 8.23. The van der Waals surface area contributed by atoms with Crippen LogP contribution in [0.3, 0.4) is 0 Å². The van der Waals surface area contributed by atoms with E-state index in [-0.39, 0.29) is 34.0 Å². The lowest BCUT2D eigenvalue weighted by atomic mass is 9.83. The Labute approximate surface area is 373 Å². The van der Waals surface area contributed by atoms with Gasteiger partial charge >= 0.3 is 0 Å². The van der Waals surface area contributed by atoms with Gasteiger partial charge < -0.3 is 5.11 Å². The van der Waals surface area contributed by atoms with E-state index in [4.69, 9.17) is 14.1 Å². The zero-order chi connectivity index (χ0) is 46.7. The first-order valence-electron chi connectivity index (χ1n) is 23.4. The highest BCUT2D eigenvalue weighted by Gasteiger charge is 2.26. The Hall–Kier alpha value is -6.26. The first-order valence-corrected chi connectivity index (χ1v) is 21.9. The molecule has 8 aromatic rings. The molecule has 0 saturated heterocycles. The lowest BCUT2D eigenvalue weighted by Crippen LogP contribution is -2.11. The minimum atomic E-state index is -2.33. The fourth-order valence-corrected chi connectivity index (χ4v) is 8.37. The number of phenols is 1. The van der Waals surface area contributed by atoms with Crippen LogP contribution in [0.4, 0.5) is 0 Å². The SMILES string of the molecule is [2H]C([2H])([2H])c1ccc(-n2c(-c3cc(C(C)C)cc(C(C)C)c3O)nc3c(-c4cc(-c5cc(-c6ccc(C)cc6)ccn5)cc(C(C)(C)C)c4)cccc32)c(-c2ccc(C(C)(C)C)cc2)c1. The largest absolute Gasteiger partial charge is 0.507 e. The van der Waals surface area contributed by atoms with E-state index in [1.54, 1.807) is 12.1 Å². The van der Waals surface area contributed by atoms with Crippen molar-refractivity contribution in [1.82, 2.24) is 14.5 Å². The first kappa shape index (κ1) is 38.6. The molecule has 8 rings (SSSR count). The van der Waals surface area contributed by atoms with Crippen LogP contribution in [0.25, 0.3) is 72.7 Å². The van der Waals surface area contributed by atoms with Crippen molar-refractivity contribution >= 4 is 11.0 Å². The molecule has 0 amide bonds. The van der Waals surface area contributed by atoms with E-state index in [1.165, 1.54) is 11.1 Å². The molecule has 0 atom stereocenters. The number of benzene rings is 6. The normalized spacial score (nSPS) is 13.1. The number of pyridine rings is 1. The average Bonchev–Trinajstić information content (AvgIpc) is 3.65. The number of imidazole rings is 1. The highest BCUT2D eigenvalue weighted by Crippen LogP contribution is 2.44. The number of rotatable bonds is 8. The summed E-state index contributed by atoms with van der Waals surface area (Å²) >= 11 is 0. The zero-order valence-electron chi connectivity index (χ0n) is 41.1. The maximum Gasteiger partial charge on any atom is 0.149 e. The van der Waals surface area contributed by atoms with E-state index in [9.17, 15) is 5.11 Å². The van der Waals surface area contributed by atoms with Gasteiger partial charge in [-0.3, -0.25) is 9.55 Å². The summed E-state index contributed by atoms with van der Waals surface area (Å²) in [5.41, 5.74) is 16.2. The summed E-state index contributed by atoms with van der Waals surface area (Å²) in [5, 5.41) is 12.3. The molecule has 0 unspecified atom stereocenters. The Balaban J connectivity index is 1.44. The van der Waals surface area contributed by atoms with E-state index in [1.807, 2.05) is 12.3 Å². The van der Waals surface area contributed by atoms with Crippen LogP contribution in [0.15, 0.2) is 134 Å². The summed E-state index contributed by atoms with van der Waals surface area (Å²) in [4.78, 5) is 10.5. The van der Waals surface area contributed by atoms with Crippen LogP contribution in [0.5, 0.6) is 5.75 Å². The second-order valence-corrected chi connectivity index (χ2v) is 19.7. The number of aromatic hydroxyl groups is 1. The highest BCUT2D eigenvalue weighted by molar-refractivity contribution is 5.98. The van der Waals surface area contributed by atoms with Crippen LogP contribution in [0.2, 0.25) is 0 Å². The van der Waals surface area contributed by atoms with Gasteiger partial charge in [0, 0.05) is 27.0 Å². The van der Waals surface area contributed by atoms with Crippen molar-refractivity contribution in [2.45, 2.75) is 106 Å². The van der Waals surface area contributed by atoms with Gasteiger partial charge in [-0.15, -0.1) is 0 Å².